The molecule has 2 aromatic rings. The molecule has 3 nitrogen and oxygen atoms in total. The Bertz CT molecular complexity index is 569. The van der Waals surface area contributed by atoms with Crippen LogP contribution >= 0.6 is 11.6 Å². The Labute approximate surface area is 130 Å². The van der Waals surface area contributed by atoms with Crippen LogP contribution in [-0.4, -0.2) is 26.2 Å². The van der Waals surface area contributed by atoms with Crippen LogP contribution in [0.2, 0.25) is 5.02 Å². The van der Waals surface area contributed by atoms with Crippen LogP contribution in [0.15, 0.2) is 54.6 Å². The average molecular weight is 305 g/mol. The highest BCUT2D eigenvalue weighted by Gasteiger charge is 2.09. The number of likely N-dealkylation sites (N-methyl/N-ethyl adjacent to an activating group) is 1. The molecule has 110 valence electrons. The van der Waals surface area contributed by atoms with E-state index in [2.05, 4.69) is 19.2 Å². The Hall–Kier alpha value is -1.84. The third kappa shape index (κ3) is 5.21. The molecular formula is C17H19ClNO2+. The van der Waals surface area contributed by atoms with Crippen LogP contribution in [0.1, 0.15) is 15.9 Å². The molecule has 0 spiro atoms. The van der Waals surface area contributed by atoms with E-state index in [-0.39, 0.29) is 5.97 Å². The Kier molecular flexibility index (Phi) is 5.78. The maximum Gasteiger partial charge on any atom is 0.338 e. The molecule has 1 atom stereocenters. The molecule has 0 radical (unpaired) electrons. The number of rotatable bonds is 6. The molecular weight excluding hydrogens is 286 g/mol. The highest BCUT2D eigenvalue weighted by Crippen LogP contribution is 2.10. The number of benzene rings is 2. The Morgan fingerprint density at radius 2 is 1.76 bits per heavy atom. The van der Waals surface area contributed by atoms with Crippen LogP contribution in [0.3, 0.4) is 0 Å². The number of hydrogen-bond acceptors (Lipinski definition) is 2. The van der Waals surface area contributed by atoms with Gasteiger partial charge in [0.2, 0.25) is 0 Å². The second-order valence-corrected chi connectivity index (χ2v) is 5.45. The topological polar surface area (TPSA) is 30.7 Å². The number of ether oxygens (including phenoxy) is 1. The lowest BCUT2D eigenvalue weighted by Crippen LogP contribution is -3.08. The molecule has 0 aliphatic heterocycles. The number of halogens is 1. The molecule has 0 amide bonds. The highest BCUT2D eigenvalue weighted by molar-refractivity contribution is 6.30. The third-order valence-electron chi connectivity index (χ3n) is 3.19. The van der Waals surface area contributed by atoms with Crippen molar-refractivity contribution in [3.8, 4) is 0 Å². The van der Waals surface area contributed by atoms with Crippen LogP contribution in [0.25, 0.3) is 0 Å². The van der Waals surface area contributed by atoms with Gasteiger partial charge in [0, 0.05) is 10.6 Å². The maximum atomic E-state index is 11.8. The SMILES string of the molecule is C[NH+](CCOC(=O)c1ccc(Cl)cc1)Cc1ccccc1. The van der Waals surface area contributed by atoms with Crippen molar-refractivity contribution in [2.24, 2.45) is 0 Å². The summed E-state index contributed by atoms with van der Waals surface area (Å²) in [6.07, 6.45) is 0. The van der Waals surface area contributed by atoms with E-state index in [0.717, 1.165) is 13.1 Å². The van der Waals surface area contributed by atoms with E-state index in [0.29, 0.717) is 17.2 Å². The van der Waals surface area contributed by atoms with Gasteiger partial charge in [0.25, 0.3) is 0 Å². The predicted molar refractivity (Wildman–Crippen MR) is 83.6 cm³/mol. The number of quaternary nitrogens is 1. The van der Waals surface area contributed by atoms with E-state index >= 15 is 0 Å². The van der Waals surface area contributed by atoms with Gasteiger partial charge < -0.3 is 9.64 Å². The molecule has 0 saturated heterocycles. The van der Waals surface area contributed by atoms with Crippen LogP contribution in [0, 0.1) is 0 Å². The normalized spacial score (nSPS) is 11.9. The van der Waals surface area contributed by atoms with Gasteiger partial charge in [0.05, 0.1) is 12.6 Å². The second kappa shape index (κ2) is 7.81. The van der Waals surface area contributed by atoms with Gasteiger partial charge in [0.15, 0.2) is 0 Å². The maximum absolute atomic E-state index is 11.8. The highest BCUT2D eigenvalue weighted by atomic mass is 35.5. The van der Waals surface area contributed by atoms with Crippen molar-refractivity contribution in [3.05, 3.63) is 70.7 Å². The fraction of sp³-hybridized carbons (Fsp3) is 0.235. The lowest BCUT2D eigenvalue weighted by molar-refractivity contribution is -0.893. The molecule has 4 heteroatoms. The molecule has 0 aliphatic carbocycles. The van der Waals surface area contributed by atoms with Crippen molar-refractivity contribution in [2.45, 2.75) is 6.54 Å². The summed E-state index contributed by atoms with van der Waals surface area (Å²) in [5, 5.41) is 0.610. The summed E-state index contributed by atoms with van der Waals surface area (Å²) >= 11 is 5.78. The van der Waals surface area contributed by atoms with Crippen molar-refractivity contribution in [1.82, 2.24) is 0 Å². The summed E-state index contributed by atoms with van der Waals surface area (Å²) in [6, 6.07) is 17.0. The zero-order valence-corrected chi connectivity index (χ0v) is 12.8. The first-order valence-electron chi connectivity index (χ1n) is 6.93. The van der Waals surface area contributed by atoms with E-state index in [1.165, 1.54) is 10.5 Å². The van der Waals surface area contributed by atoms with Crippen LogP contribution in [0.4, 0.5) is 0 Å². The van der Waals surface area contributed by atoms with Crippen molar-refractivity contribution >= 4 is 17.6 Å². The summed E-state index contributed by atoms with van der Waals surface area (Å²) in [5.41, 5.74) is 1.80. The molecule has 2 rings (SSSR count). The summed E-state index contributed by atoms with van der Waals surface area (Å²) < 4.78 is 5.27. The van der Waals surface area contributed by atoms with Crippen molar-refractivity contribution in [1.29, 1.82) is 0 Å². The molecule has 2 aromatic carbocycles. The third-order valence-corrected chi connectivity index (χ3v) is 3.44. The number of esters is 1. The number of carbonyl (C=O) groups excluding carboxylic acids is 1. The first-order chi connectivity index (χ1) is 10.1. The Morgan fingerprint density at radius 3 is 2.43 bits per heavy atom. The first kappa shape index (κ1) is 15.5. The van der Waals surface area contributed by atoms with E-state index < -0.39 is 0 Å². The lowest BCUT2D eigenvalue weighted by atomic mass is 10.2. The van der Waals surface area contributed by atoms with E-state index in [4.69, 9.17) is 16.3 Å². The van der Waals surface area contributed by atoms with Crippen molar-refractivity contribution < 1.29 is 14.4 Å². The van der Waals surface area contributed by atoms with Gasteiger partial charge in [-0.2, -0.15) is 0 Å². The van der Waals surface area contributed by atoms with E-state index in [1.54, 1.807) is 24.3 Å². The summed E-state index contributed by atoms with van der Waals surface area (Å²) in [7, 11) is 2.09. The minimum atomic E-state index is -0.306. The summed E-state index contributed by atoms with van der Waals surface area (Å²) in [4.78, 5) is 13.1. The average Bonchev–Trinajstić information content (AvgIpc) is 2.49. The molecule has 0 saturated carbocycles. The summed E-state index contributed by atoms with van der Waals surface area (Å²) in [5.74, 6) is -0.306. The minimum Gasteiger partial charge on any atom is -0.456 e. The molecule has 1 unspecified atom stereocenters. The van der Waals surface area contributed by atoms with Crippen LogP contribution in [-0.2, 0) is 11.3 Å². The number of nitrogens with one attached hydrogen (secondary N) is 1. The lowest BCUT2D eigenvalue weighted by Gasteiger charge is -2.14. The van der Waals surface area contributed by atoms with Gasteiger partial charge in [-0.25, -0.2) is 4.79 Å². The zero-order chi connectivity index (χ0) is 15.1. The van der Waals surface area contributed by atoms with Crippen molar-refractivity contribution in [2.75, 3.05) is 20.2 Å². The standard InChI is InChI=1S/C17H18ClNO2/c1-19(13-14-5-3-2-4-6-14)11-12-21-17(20)15-7-9-16(18)10-8-15/h2-10H,11-13H2,1H3/p+1. The quantitative estimate of drug-likeness (QED) is 0.830. The predicted octanol–water partition coefficient (Wildman–Crippen LogP) is 2.21. The molecule has 0 aromatic heterocycles. The smallest absolute Gasteiger partial charge is 0.338 e. The first-order valence-corrected chi connectivity index (χ1v) is 7.31. The van der Waals surface area contributed by atoms with E-state index in [1.807, 2.05) is 18.2 Å². The fourth-order valence-electron chi connectivity index (χ4n) is 2.02. The summed E-state index contributed by atoms with van der Waals surface area (Å²) in [6.45, 7) is 2.09. The monoisotopic (exact) mass is 304 g/mol. The molecule has 21 heavy (non-hydrogen) atoms. The van der Waals surface area contributed by atoms with Gasteiger partial charge in [-0.15, -0.1) is 0 Å². The molecule has 0 aliphatic rings. The molecule has 0 heterocycles. The Morgan fingerprint density at radius 1 is 1.10 bits per heavy atom. The number of hydrogen-bond donors (Lipinski definition) is 1. The van der Waals surface area contributed by atoms with E-state index in [9.17, 15) is 4.79 Å². The zero-order valence-electron chi connectivity index (χ0n) is 12.0. The molecule has 1 N–H and O–H groups in total. The van der Waals surface area contributed by atoms with Gasteiger partial charge in [-0.1, -0.05) is 41.9 Å². The largest absolute Gasteiger partial charge is 0.456 e. The molecule has 0 fully saturated rings. The van der Waals surface area contributed by atoms with Crippen molar-refractivity contribution in [3.63, 3.8) is 0 Å². The van der Waals surface area contributed by atoms with Gasteiger partial charge in [0.1, 0.15) is 19.7 Å². The Balaban J connectivity index is 1.73. The fourth-order valence-corrected chi connectivity index (χ4v) is 2.15. The second-order valence-electron chi connectivity index (χ2n) is 5.01. The molecule has 0 bridgehead atoms. The number of carbonyl (C=O) groups is 1. The van der Waals surface area contributed by atoms with Gasteiger partial charge >= 0.3 is 5.97 Å². The van der Waals surface area contributed by atoms with Gasteiger partial charge in [-0.3, -0.25) is 0 Å². The van der Waals surface area contributed by atoms with Gasteiger partial charge in [-0.05, 0) is 24.3 Å². The van der Waals surface area contributed by atoms with Crippen LogP contribution in [0.5, 0.6) is 0 Å². The minimum absolute atomic E-state index is 0.306. The van der Waals surface area contributed by atoms with Crippen LogP contribution < -0.4 is 4.90 Å².